The maximum atomic E-state index is 13.8. The summed E-state index contributed by atoms with van der Waals surface area (Å²) in [5.74, 6) is -0.257. The number of halogens is 1. The Balaban J connectivity index is 1.76. The summed E-state index contributed by atoms with van der Waals surface area (Å²) in [4.78, 5) is 27.6. The lowest BCUT2D eigenvalue weighted by molar-refractivity contribution is -0.146. The monoisotopic (exact) mass is 254 g/mol. The molecule has 0 aromatic carbocycles. The minimum absolute atomic E-state index is 0.128. The van der Waals surface area contributed by atoms with Crippen molar-refractivity contribution in [3.63, 3.8) is 0 Å². The topological polar surface area (TPSA) is 40.6 Å². The van der Waals surface area contributed by atoms with Gasteiger partial charge in [0, 0.05) is 26.7 Å². The van der Waals surface area contributed by atoms with Crippen LogP contribution in [-0.4, -0.2) is 54.0 Å². The van der Waals surface area contributed by atoms with E-state index in [4.69, 9.17) is 0 Å². The molecular formula is C13H19FN2O2. The van der Waals surface area contributed by atoms with E-state index in [1.807, 2.05) is 0 Å². The van der Waals surface area contributed by atoms with E-state index in [0.717, 1.165) is 25.8 Å². The van der Waals surface area contributed by atoms with Crippen molar-refractivity contribution in [3.8, 4) is 0 Å². The van der Waals surface area contributed by atoms with Crippen molar-refractivity contribution in [2.75, 3.05) is 26.7 Å². The Hall–Kier alpha value is -1.13. The molecule has 0 N–H and O–H groups in total. The third-order valence-corrected chi connectivity index (χ3v) is 4.66. The molecule has 2 aliphatic heterocycles. The predicted molar refractivity (Wildman–Crippen MR) is 63.6 cm³/mol. The Morgan fingerprint density at radius 2 is 1.94 bits per heavy atom. The van der Waals surface area contributed by atoms with Crippen LogP contribution in [0.3, 0.4) is 0 Å². The molecule has 0 radical (unpaired) electrons. The van der Waals surface area contributed by atoms with Crippen LogP contribution in [0.1, 0.15) is 32.1 Å². The molecule has 2 heterocycles. The summed E-state index contributed by atoms with van der Waals surface area (Å²) in [5.41, 5.74) is -2.03. The van der Waals surface area contributed by atoms with Gasteiger partial charge in [-0.25, -0.2) is 4.39 Å². The standard InChI is InChI=1S/C13H19FN2O2/c1-15-8-6-12(10(15)17)3-2-7-16(9-12)11(18)13(14)4-5-13/h2-9H2,1H3. The molecule has 0 bridgehead atoms. The summed E-state index contributed by atoms with van der Waals surface area (Å²) in [6, 6.07) is 0. The molecule has 1 atom stereocenters. The van der Waals surface area contributed by atoms with Crippen molar-refractivity contribution in [1.82, 2.24) is 9.80 Å². The van der Waals surface area contributed by atoms with Gasteiger partial charge >= 0.3 is 0 Å². The highest BCUT2D eigenvalue weighted by atomic mass is 19.1. The van der Waals surface area contributed by atoms with Gasteiger partial charge in [-0.2, -0.15) is 0 Å². The number of rotatable bonds is 1. The van der Waals surface area contributed by atoms with Crippen LogP contribution in [0.2, 0.25) is 0 Å². The van der Waals surface area contributed by atoms with Crippen molar-refractivity contribution in [1.29, 1.82) is 0 Å². The van der Waals surface area contributed by atoms with Crippen LogP contribution in [0, 0.1) is 5.41 Å². The lowest BCUT2D eigenvalue weighted by Gasteiger charge is -2.39. The Kier molecular flexibility index (Phi) is 2.44. The van der Waals surface area contributed by atoms with Gasteiger partial charge in [-0.3, -0.25) is 9.59 Å². The SMILES string of the molecule is CN1CCC2(CCCN(C(=O)C3(F)CC3)C2)C1=O. The molecule has 1 saturated carbocycles. The van der Waals surface area contributed by atoms with Crippen LogP contribution in [-0.2, 0) is 9.59 Å². The first-order chi connectivity index (χ1) is 8.47. The molecule has 2 saturated heterocycles. The van der Waals surface area contributed by atoms with Crippen molar-refractivity contribution in [2.24, 2.45) is 5.41 Å². The first-order valence-electron chi connectivity index (χ1n) is 6.71. The predicted octanol–water partition coefficient (Wildman–Crippen LogP) is 0.959. The fraction of sp³-hybridized carbons (Fsp3) is 0.846. The number of amides is 2. The summed E-state index contributed by atoms with van der Waals surface area (Å²) in [5, 5.41) is 0. The maximum absolute atomic E-state index is 13.8. The summed E-state index contributed by atoms with van der Waals surface area (Å²) in [6.07, 6.45) is 3.14. The van der Waals surface area contributed by atoms with E-state index in [1.165, 1.54) is 0 Å². The molecule has 2 amide bonds. The number of hydrogen-bond acceptors (Lipinski definition) is 2. The second kappa shape index (κ2) is 3.68. The molecule has 5 heteroatoms. The molecule has 0 aromatic rings. The average Bonchev–Trinajstić information content (AvgIpc) is 3.08. The highest BCUT2D eigenvalue weighted by Crippen LogP contribution is 2.45. The van der Waals surface area contributed by atoms with Crippen molar-refractivity contribution in [2.45, 2.75) is 37.8 Å². The molecule has 3 rings (SSSR count). The van der Waals surface area contributed by atoms with Gasteiger partial charge in [-0.1, -0.05) is 0 Å². The maximum Gasteiger partial charge on any atom is 0.260 e. The molecule has 1 spiro atoms. The molecule has 3 aliphatic rings. The molecule has 18 heavy (non-hydrogen) atoms. The number of likely N-dealkylation sites (tertiary alicyclic amines) is 2. The van der Waals surface area contributed by atoms with E-state index >= 15 is 0 Å². The Labute approximate surface area is 106 Å². The number of carbonyl (C=O) groups excluding carboxylic acids is 2. The fourth-order valence-electron chi connectivity index (χ4n) is 3.29. The Bertz CT molecular complexity index is 404. The molecule has 1 aliphatic carbocycles. The number of hydrogen-bond donors (Lipinski definition) is 0. The lowest BCUT2D eigenvalue weighted by Crippen LogP contribution is -2.51. The minimum Gasteiger partial charge on any atom is -0.345 e. The first-order valence-corrected chi connectivity index (χ1v) is 6.71. The second-order valence-electron chi connectivity index (χ2n) is 6.05. The summed E-state index contributed by atoms with van der Waals surface area (Å²) in [6.45, 7) is 1.77. The third kappa shape index (κ3) is 1.63. The van der Waals surface area contributed by atoms with Crippen molar-refractivity contribution in [3.05, 3.63) is 0 Å². The molecule has 100 valence electrons. The van der Waals surface area contributed by atoms with Gasteiger partial charge in [-0.15, -0.1) is 0 Å². The highest BCUT2D eigenvalue weighted by molar-refractivity contribution is 5.90. The fourth-order valence-corrected chi connectivity index (χ4v) is 3.29. The van der Waals surface area contributed by atoms with E-state index in [9.17, 15) is 14.0 Å². The molecule has 3 fully saturated rings. The Morgan fingerprint density at radius 1 is 1.22 bits per heavy atom. The van der Waals surface area contributed by atoms with Crippen LogP contribution in [0.25, 0.3) is 0 Å². The number of alkyl halides is 1. The molecule has 0 aromatic heterocycles. The largest absolute Gasteiger partial charge is 0.345 e. The molecule has 4 nitrogen and oxygen atoms in total. The zero-order chi connectivity index (χ0) is 13.0. The van der Waals surface area contributed by atoms with Gasteiger partial charge in [0.2, 0.25) is 5.91 Å². The van der Waals surface area contributed by atoms with Crippen LogP contribution in [0.4, 0.5) is 4.39 Å². The molecular weight excluding hydrogens is 235 g/mol. The summed E-state index contributed by atoms with van der Waals surface area (Å²) >= 11 is 0. The number of nitrogens with zero attached hydrogens (tertiary/aromatic N) is 2. The van der Waals surface area contributed by atoms with Crippen LogP contribution in [0.5, 0.6) is 0 Å². The van der Waals surface area contributed by atoms with Gasteiger partial charge in [0.05, 0.1) is 5.41 Å². The van der Waals surface area contributed by atoms with E-state index in [2.05, 4.69) is 0 Å². The van der Waals surface area contributed by atoms with Gasteiger partial charge < -0.3 is 9.80 Å². The smallest absolute Gasteiger partial charge is 0.260 e. The Morgan fingerprint density at radius 3 is 2.50 bits per heavy atom. The van der Waals surface area contributed by atoms with E-state index < -0.39 is 11.1 Å². The van der Waals surface area contributed by atoms with Crippen LogP contribution >= 0.6 is 0 Å². The summed E-state index contributed by atoms with van der Waals surface area (Å²) < 4.78 is 13.8. The number of piperidine rings is 1. The third-order valence-electron chi connectivity index (χ3n) is 4.66. The van der Waals surface area contributed by atoms with E-state index in [1.54, 1.807) is 16.8 Å². The van der Waals surface area contributed by atoms with Crippen molar-refractivity contribution >= 4 is 11.8 Å². The first kappa shape index (κ1) is 11.9. The number of carbonyl (C=O) groups is 2. The minimum atomic E-state index is -1.61. The zero-order valence-corrected chi connectivity index (χ0v) is 10.7. The van der Waals surface area contributed by atoms with Gasteiger partial charge in [0.15, 0.2) is 5.67 Å². The average molecular weight is 254 g/mol. The van der Waals surface area contributed by atoms with Gasteiger partial charge in [-0.05, 0) is 32.1 Å². The van der Waals surface area contributed by atoms with Gasteiger partial charge in [0.1, 0.15) is 0 Å². The highest BCUT2D eigenvalue weighted by Gasteiger charge is 2.56. The van der Waals surface area contributed by atoms with Gasteiger partial charge in [0.25, 0.3) is 5.91 Å². The second-order valence-corrected chi connectivity index (χ2v) is 6.05. The summed E-state index contributed by atoms with van der Waals surface area (Å²) in [7, 11) is 1.80. The van der Waals surface area contributed by atoms with Crippen LogP contribution < -0.4 is 0 Å². The lowest BCUT2D eigenvalue weighted by atomic mass is 9.78. The van der Waals surface area contributed by atoms with Crippen LogP contribution in [0.15, 0.2) is 0 Å². The quantitative estimate of drug-likeness (QED) is 0.699. The molecule has 1 unspecified atom stereocenters. The zero-order valence-electron chi connectivity index (χ0n) is 10.7. The van der Waals surface area contributed by atoms with E-state index in [0.29, 0.717) is 25.9 Å². The van der Waals surface area contributed by atoms with Crippen molar-refractivity contribution < 1.29 is 14.0 Å². The normalized spacial score (nSPS) is 34.2. The van der Waals surface area contributed by atoms with E-state index in [-0.39, 0.29) is 11.8 Å².